The van der Waals surface area contributed by atoms with E-state index in [4.69, 9.17) is 9.47 Å². The van der Waals surface area contributed by atoms with Crippen molar-refractivity contribution in [2.24, 2.45) is 5.92 Å². The zero-order valence-electron chi connectivity index (χ0n) is 16.6. The van der Waals surface area contributed by atoms with E-state index < -0.39 is 5.97 Å². The number of nitrogens with zero attached hydrogens (tertiary/aromatic N) is 1. The van der Waals surface area contributed by atoms with Gasteiger partial charge in [0.25, 0.3) is 0 Å². The van der Waals surface area contributed by atoms with E-state index in [1.165, 1.54) is 0 Å². The van der Waals surface area contributed by atoms with Gasteiger partial charge in [-0.15, -0.1) is 0 Å². The van der Waals surface area contributed by atoms with Crippen molar-refractivity contribution in [1.29, 1.82) is 0 Å². The Morgan fingerprint density at radius 3 is 2.19 bits per heavy atom. The number of hydrogen-bond acceptors (Lipinski definition) is 6. The van der Waals surface area contributed by atoms with Gasteiger partial charge in [0.15, 0.2) is 5.78 Å². The van der Waals surface area contributed by atoms with Crippen LogP contribution in [0.25, 0.3) is 0 Å². The van der Waals surface area contributed by atoms with Crippen molar-refractivity contribution in [3.05, 3.63) is 22.5 Å². The molecule has 0 aliphatic rings. The van der Waals surface area contributed by atoms with Crippen LogP contribution in [0.2, 0.25) is 0 Å². The van der Waals surface area contributed by atoms with E-state index in [0.717, 1.165) is 0 Å². The first-order valence-corrected chi connectivity index (χ1v) is 8.98. The maximum absolute atomic E-state index is 12.8. The van der Waals surface area contributed by atoms with Crippen molar-refractivity contribution in [1.82, 2.24) is 9.88 Å². The number of ether oxygens (including phenoxy) is 2. The lowest BCUT2D eigenvalue weighted by Crippen LogP contribution is -2.38. The van der Waals surface area contributed by atoms with Crippen LogP contribution in [0.3, 0.4) is 0 Å². The Morgan fingerprint density at radius 1 is 1.04 bits per heavy atom. The van der Waals surface area contributed by atoms with Gasteiger partial charge in [0, 0.05) is 12.2 Å². The summed E-state index contributed by atoms with van der Waals surface area (Å²) < 4.78 is 10.0. The third kappa shape index (κ3) is 5.98. The van der Waals surface area contributed by atoms with E-state index >= 15 is 0 Å². The van der Waals surface area contributed by atoms with Crippen molar-refractivity contribution in [2.75, 3.05) is 32.8 Å². The number of H-pyrrole nitrogens is 1. The Hall–Kier alpha value is -2.15. The molecule has 0 bridgehead atoms. The Morgan fingerprint density at radius 2 is 1.65 bits per heavy atom. The molecule has 0 spiro atoms. The molecule has 1 aromatic rings. The number of esters is 2. The largest absolute Gasteiger partial charge is 0.465 e. The third-order valence-electron chi connectivity index (χ3n) is 3.84. The fourth-order valence-electron chi connectivity index (χ4n) is 2.91. The van der Waals surface area contributed by atoms with Gasteiger partial charge in [0.05, 0.1) is 37.6 Å². The Labute approximate surface area is 155 Å². The molecule has 7 nitrogen and oxygen atoms in total. The number of rotatable bonds is 10. The highest BCUT2D eigenvalue weighted by atomic mass is 16.5. The van der Waals surface area contributed by atoms with Crippen LogP contribution in [0, 0.1) is 19.8 Å². The highest BCUT2D eigenvalue weighted by Gasteiger charge is 2.25. The molecule has 7 heteroatoms. The smallest absolute Gasteiger partial charge is 0.340 e. The fourth-order valence-corrected chi connectivity index (χ4v) is 2.91. The first-order valence-electron chi connectivity index (χ1n) is 8.98. The zero-order valence-corrected chi connectivity index (χ0v) is 16.6. The van der Waals surface area contributed by atoms with Gasteiger partial charge in [-0.05, 0) is 39.2 Å². The third-order valence-corrected chi connectivity index (χ3v) is 3.84. The minimum absolute atomic E-state index is 0.0568. The quantitative estimate of drug-likeness (QED) is 0.506. The maximum atomic E-state index is 12.8. The lowest BCUT2D eigenvalue weighted by molar-refractivity contribution is -0.144. The number of carbonyl (C=O) groups is 3. The van der Waals surface area contributed by atoms with Crippen molar-refractivity contribution in [3.63, 3.8) is 0 Å². The van der Waals surface area contributed by atoms with Crippen LogP contribution in [0.15, 0.2) is 0 Å². The Bertz CT molecular complexity index is 649. The van der Waals surface area contributed by atoms with Crippen LogP contribution in [0.5, 0.6) is 0 Å². The molecular formula is C19H30N2O5. The van der Waals surface area contributed by atoms with Gasteiger partial charge < -0.3 is 14.5 Å². The number of aryl methyl sites for hydroxylation is 1. The van der Waals surface area contributed by atoms with Crippen LogP contribution in [0.4, 0.5) is 0 Å². The average molecular weight is 366 g/mol. The molecule has 26 heavy (non-hydrogen) atoms. The predicted octanol–water partition coefficient (Wildman–Crippen LogP) is 2.51. The molecule has 0 saturated heterocycles. The van der Waals surface area contributed by atoms with E-state index in [1.54, 1.807) is 32.6 Å². The molecule has 146 valence electrons. The number of aromatic amines is 1. The molecular weight excluding hydrogens is 336 g/mol. The van der Waals surface area contributed by atoms with Gasteiger partial charge in [0.1, 0.15) is 0 Å². The molecule has 1 aromatic heterocycles. The van der Waals surface area contributed by atoms with Crippen molar-refractivity contribution in [3.8, 4) is 0 Å². The Balaban J connectivity index is 2.97. The summed E-state index contributed by atoms with van der Waals surface area (Å²) in [7, 11) is 0. The molecule has 0 fully saturated rings. The van der Waals surface area contributed by atoms with Gasteiger partial charge in [0.2, 0.25) is 0 Å². The van der Waals surface area contributed by atoms with Crippen LogP contribution in [-0.4, -0.2) is 60.5 Å². The lowest BCUT2D eigenvalue weighted by atomic mass is 10.1. The van der Waals surface area contributed by atoms with Crippen LogP contribution in [0.1, 0.15) is 59.8 Å². The highest BCUT2D eigenvalue weighted by molar-refractivity contribution is 6.02. The van der Waals surface area contributed by atoms with Crippen molar-refractivity contribution < 1.29 is 23.9 Å². The molecule has 0 aliphatic heterocycles. The van der Waals surface area contributed by atoms with E-state index in [0.29, 0.717) is 41.6 Å². The van der Waals surface area contributed by atoms with E-state index in [-0.39, 0.29) is 31.4 Å². The predicted molar refractivity (Wildman–Crippen MR) is 98.5 cm³/mol. The standard InChI is InChI=1S/C19H30N2O5/c1-7-25-16(23)11-21(9-12(3)4)10-15(22)18-13(5)17(14(6)20-18)19(24)26-8-2/h12,20H,7-11H2,1-6H3. The van der Waals surface area contributed by atoms with Gasteiger partial charge in [-0.3, -0.25) is 14.5 Å². The highest BCUT2D eigenvalue weighted by Crippen LogP contribution is 2.20. The van der Waals surface area contributed by atoms with Crippen LogP contribution < -0.4 is 0 Å². The monoisotopic (exact) mass is 366 g/mol. The molecule has 0 saturated carbocycles. The number of hydrogen-bond donors (Lipinski definition) is 1. The molecule has 0 radical (unpaired) electrons. The molecule has 1 N–H and O–H groups in total. The van der Waals surface area contributed by atoms with Crippen molar-refractivity contribution >= 4 is 17.7 Å². The van der Waals surface area contributed by atoms with E-state index in [2.05, 4.69) is 4.98 Å². The molecule has 1 rings (SSSR count). The maximum Gasteiger partial charge on any atom is 0.340 e. The number of ketones is 1. The summed E-state index contributed by atoms with van der Waals surface area (Å²) in [6.07, 6.45) is 0. The molecule has 0 aromatic carbocycles. The van der Waals surface area contributed by atoms with E-state index in [1.807, 2.05) is 13.8 Å². The summed E-state index contributed by atoms with van der Waals surface area (Å²) >= 11 is 0. The normalized spacial score (nSPS) is 11.1. The summed E-state index contributed by atoms with van der Waals surface area (Å²) in [5.41, 5.74) is 1.95. The second-order valence-corrected chi connectivity index (χ2v) is 6.64. The number of Topliss-reactive ketones (excluding diaryl/α,β-unsaturated/α-hetero) is 1. The molecule has 0 amide bonds. The van der Waals surface area contributed by atoms with Gasteiger partial charge in [-0.25, -0.2) is 4.79 Å². The van der Waals surface area contributed by atoms with Gasteiger partial charge >= 0.3 is 11.9 Å². The Kier molecular flexibility index (Phi) is 8.51. The minimum Gasteiger partial charge on any atom is -0.465 e. The van der Waals surface area contributed by atoms with E-state index in [9.17, 15) is 14.4 Å². The second-order valence-electron chi connectivity index (χ2n) is 6.64. The molecule has 0 aliphatic carbocycles. The molecule has 0 atom stereocenters. The SMILES string of the molecule is CCOC(=O)CN(CC(=O)c1[nH]c(C)c(C(=O)OCC)c1C)CC(C)C. The molecule has 0 unspecified atom stereocenters. The summed E-state index contributed by atoms with van der Waals surface area (Å²) in [5, 5.41) is 0. The van der Waals surface area contributed by atoms with Gasteiger partial charge in [-0.1, -0.05) is 13.8 Å². The summed E-state index contributed by atoms with van der Waals surface area (Å²) in [6, 6.07) is 0. The first-order chi connectivity index (χ1) is 12.2. The lowest BCUT2D eigenvalue weighted by Gasteiger charge is -2.22. The average Bonchev–Trinajstić information content (AvgIpc) is 2.81. The summed E-state index contributed by atoms with van der Waals surface area (Å²) in [5.74, 6) is -0.680. The first kappa shape index (κ1) is 21.9. The van der Waals surface area contributed by atoms with Crippen LogP contribution in [-0.2, 0) is 14.3 Å². The second kappa shape index (κ2) is 10.1. The topological polar surface area (TPSA) is 88.7 Å². The minimum atomic E-state index is -0.441. The summed E-state index contributed by atoms with van der Waals surface area (Å²) in [4.78, 5) is 41.4. The fraction of sp³-hybridized carbons (Fsp3) is 0.632. The number of carbonyl (C=O) groups excluding carboxylic acids is 3. The summed E-state index contributed by atoms with van der Waals surface area (Å²) in [6.45, 7) is 12.3. The van der Waals surface area contributed by atoms with Crippen LogP contribution >= 0.6 is 0 Å². The van der Waals surface area contributed by atoms with Crippen molar-refractivity contribution in [2.45, 2.75) is 41.5 Å². The molecule has 1 heterocycles. The van der Waals surface area contributed by atoms with Gasteiger partial charge in [-0.2, -0.15) is 0 Å². The zero-order chi connectivity index (χ0) is 19.9. The number of nitrogens with one attached hydrogen (secondary N) is 1. The number of aromatic nitrogens is 1.